The average molecular weight is 472 g/mol. The summed E-state index contributed by atoms with van der Waals surface area (Å²) in [5.41, 5.74) is -0.157. The minimum atomic E-state index is -1.55. The molecule has 1 saturated heterocycles. The van der Waals surface area contributed by atoms with E-state index in [2.05, 4.69) is 6.07 Å². The lowest BCUT2D eigenvalue weighted by Crippen LogP contribution is -2.45. The predicted molar refractivity (Wildman–Crippen MR) is 118 cm³/mol. The van der Waals surface area contributed by atoms with E-state index in [0.29, 0.717) is 55.8 Å². The number of hydrogen-bond acceptors (Lipinski definition) is 5. The molecule has 0 spiro atoms. The molecule has 2 aliphatic rings. The second kappa shape index (κ2) is 8.76. The number of carbonyl (C=O) groups is 1. The molecule has 30 heavy (non-hydrogen) atoms. The molecule has 1 saturated carbocycles. The van der Waals surface area contributed by atoms with Gasteiger partial charge in [-0.2, -0.15) is 10.4 Å². The van der Waals surface area contributed by atoms with E-state index in [9.17, 15) is 19.7 Å². The second-order valence-corrected chi connectivity index (χ2v) is 11.5. The van der Waals surface area contributed by atoms with Crippen LogP contribution in [0.4, 0.5) is 0 Å². The number of carbonyl (C=O) groups excluding carboxylic acids is 1. The molecule has 9 heteroatoms. The van der Waals surface area contributed by atoms with Crippen molar-refractivity contribution in [3.05, 3.63) is 27.7 Å². The van der Waals surface area contributed by atoms with Crippen LogP contribution in [0.3, 0.4) is 0 Å². The number of halogens is 2. The standard InChI is InChI=1S/C21H27Cl2N3O3S/c1-20(2,30(25)29)11-15(14-9-16(22)17(23)10-18(14)27)13-3-7-26(8-4-13)19(28)21(12-24)5-6-21/h9-10,13,15,27H,3-8,11,25H2,1-2H3. The lowest BCUT2D eigenvalue weighted by molar-refractivity contribution is -0.136. The molecule has 0 radical (unpaired) electrons. The van der Waals surface area contributed by atoms with Gasteiger partial charge in [-0.3, -0.25) is 4.79 Å². The molecule has 3 rings (SSSR count). The topological polar surface area (TPSA) is 113 Å². The fraction of sp³-hybridized carbons (Fsp3) is 0.619. The number of nitrogens with zero attached hydrogens (tertiary/aromatic N) is 2. The Balaban J connectivity index is 1.82. The molecule has 3 N–H and O–H groups in total. The number of phenolic OH excluding ortho intramolecular Hbond substituents is 1. The molecule has 2 fully saturated rings. The second-order valence-electron chi connectivity index (χ2n) is 9.02. The molecule has 1 aliphatic carbocycles. The Kier molecular flexibility index (Phi) is 6.86. The van der Waals surface area contributed by atoms with Gasteiger partial charge in [0.15, 0.2) is 0 Å². The van der Waals surface area contributed by atoms with Crippen LogP contribution in [0.25, 0.3) is 0 Å². The summed E-state index contributed by atoms with van der Waals surface area (Å²) in [7, 11) is 0. The largest absolute Gasteiger partial charge is 0.598 e. The normalized spacial score (nSPS) is 21.0. The lowest BCUT2D eigenvalue weighted by Gasteiger charge is -2.39. The zero-order valence-electron chi connectivity index (χ0n) is 17.2. The fourth-order valence-corrected chi connectivity index (χ4v) is 4.97. The average Bonchev–Trinajstić information content (AvgIpc) is 3.50. The minimum Gasteiger partial charge on any atom is -0.598 e. The first kappa shape index (κ1) is 23.5. The smallest absolute Gasteiger partial charge is 0.243 e. The highest BCUT2D eigenvalue weighted by molar-refractivity contribution is 7.90. The lowest BCUT2D eigenvalue weighted by atomic mass is 9.75. The maximum Gasteiger partial charge on any atom is 0.243 e. The maximum absolute atomic E-state index is 12.7. The number of nitrogens with two attached hydrogens (primary N) is 1. The zero-order chi connectivity index (χ0) is 22.3. The molecule has 1 aliphatic heterocycles. The quantitative estimate of drug-likeness (QED) is 0.605. The van der Waals surface area contributed by atoms with E-state index in [-0.39, 0.29) is 28.5 Å². The number of nitriles is 1. The van der Waals surface area contributed by atoms with Gasteiger partial charge in [0.2, 0.25) is 5.91 Å². The van der Waals surface area contributed by atoms with Gasteiger partial charge in [-0.15, -0.1) is 0 Å². The van der Waals surface area contributed by atoms with Crippen LogP contribution in [0.15, 0.2) is 12.1 Å². The van der Waals surface area contributed by atoms with Crippen LogP contribution >= 0.6 is 23.2 Å². The number of likely N-dealkylation sites (tertiary alicyclic amines) is 1. The molecule has 2 unspecified atom stereocenters. The van der Waals surface area contributed by atoms with E-state index in [1.807, 2.05) is 13.8 Å². The first-order valence-electron chi connectivity index (χ1n) is 10.1. The number of phenols is 1. The third kappa shape index (κ3) is 4.68. The summed E-state index contributed by atoms with van der Waals surface area (Å²) in [4.78, 5) is 14.5. The van der Waals surface area contributed by atoms with Crippen LogP contribution in [-0.4, -0.2) is 38.3 Å². The van der Waals surface area contributed by atoms with E-state index >= 15 is 0 Å². The highest BCUT2D eigenvalue weighted by atomic mass is 35.5. The van der Waals surface area contributed by atoms with E-state index in [4.69, 9.17) is 28.3 Å². The molecule has 1 aromatic carbocycles. The van der Waals surface area contributed by atoms with Gasteiger partial charge in [0, 0.05) is 36.9 Å². The van der Waals surface area contributed by atoms with Crippen molar-refractivity contribution in [2.75, 3.05) is 13.1 Å². The molecule has 1 amide bonds. The number of hydrogen-bond donors (Lipinski definition) is 2. The fourth-order valence-electron chi connectivity index (χ4n) is 4.30. The van der Waals surface area contributed by atoms with Crippen molar-refractivity contribution in [1.82, 2.24) is 4.90 Å². The van der Waals surface area contributed by atoms with Crippen molar-refractivity contribution >= 4 is 40.5 Å². The van der Waals surface area contributed by atoms with E-state index in [1.165, 1.54) is 6.07 Å². The van der Waals surface area contributed by atoms with Gasteiger partial charge < -0.3 is 14.6 Å². The Morgan fingerprint density at radius 1 is 1.40 bits per heavy atom. The molecule has 164 valence electrons. The first-order valence-corrected chi connectivity index (χ1v) is 12.0. The van der Waals surface area contributed by atoms with Gasteiger partial charge in [0.25, 0.3) is 0 Å². The third-order valence-electron chi connectivity index (χ3n) is 6.49. The van der Waals surface area contributed by atoms with Crippen molar-refractivity contribution in [2.24, 2.45) is 16.5 Å². The Labute approximate surface area is 190 Å². The molecular weight excluding hydrogens is 445 g/mol. The van der Waals surface area contributed by atoms with Crippen LogP contribution in [0, 0.1) is 22.7 Å². The summed E-state index contributed by atoms with van der Waals surface area (Å²) >= 11 is 10.7. The molecular formula is C21H27Cl2N3O3S. The van der Waals surface area contributed by atoms with Crippen LogP contribution in [0.2, 0.25) is 10.0 Å². The molecule has 1 aromatic rings. The third-order valence-corrected chi connectivity index (χ3v) is 8.47. The van der Waals surface area contributed by atoms with Gasteiger partial charge in [0.05, 0.1) is 16.1 Å². The molecule has 2 atom stereocenters. The number of rotatable bonds is 6. The highest BCUT2D eigenvalue weighted by Crippen LogP contribution is 2.48. The van der Waals surface area contributed by atoms with Crippen LogP contribution in [0.1, 0.15) is 57.4 Å². The number of amides is 1. The van der Waals surface area contributed by atoms with E-state index < -0.39 is 21.5 Å². The van der Waals surface area contributed by atoms with Gasteiger partial charge in [-0.05, 0) is 63.0 Å². The monoisotopic (exact) mass is 471 g/mol. The van der Waals surface area contributed by atoms with Crippen molar-refractivity contribution < 1.29 is 14.5 Å². The summed E-state index contributed by atoms with van der Waals surface area (Å²) in [6.07, 6.45) is 3.19. The van der Waals surface area contributed by atoms with Crippen molar-refractivity contribution in [1.29, 1.82) is 5.26 Å². The zero-order valence-corrected chi connectivity index (χ0v) is 19.5. The maximum atomic E-state index is 12.7. The van der Waals surface area contributed by atoms with Gasteiger partial charge in [-0.25, -0.2) is 0 Å². The number of benzene rings is 1. The Morgan fingerprint density at radius 3 is 2.47 bits per heavy atom. The Bertz CT molecular complexity index is 860. The predicted octanol–water partition coefficient (Wildman–Crippen LogP) is 4.12. The molecule has 6 nitrogen and oxygen atoms in total. The summed E-state index contributed by atoms with van der Waals surface area (Å²) in [6.45, 7) is 4.79. The van der Waals surface area contributed by atoms with Gasteiger partial charge in [0.1, 0.15) is 15.9 Å². The molecule has 0 bridgehead atoms. The summed E-state index contributed by atoms with van der Waals surface area (Å²) in [5.74, 6) is -0.0312. The number of piperidine rings is 1. The Morgan fingerprint density at radius 2 is 1.97 bits per heavy atom. The SMILES string of the molecule is CC(C)(CC(c1cc(Cl)c(Cl)cc1O)C1CCN(C(=O)C2(C#N)CC2)CC1)[S+](N)[O-]. The van der Waals surface area contributed by atoms with Crippen molar-refractivity contribution in [2.45, 2.75) is 56.6 Å². The molecule has 1 heterocycles. The first-order chi connectivity index (χ1) is 14.0. The minimum absolute atomic E-state index is 0.0490. The van der Waals surface area contributed by atoms with Gasteiger partial charge >= 0.3 is 0 Å². The van der Waals surface area contributed by atoms with E-state index in [0.717, 1.165) is 0 Å². The summed E-state index contributed by atoms with van der Waals surface area (Å²) in [6, 6.07) is 5.28. The Hall–Kier alpha value is -1.17. The van der Waals surface area contributed by atoms with Crippen LogP contribution < -0.4 is 5.14 Å². The summed E-state index contributed by atoms with van der Waals surface area (Å²) in [5, 5.41) is 26.2. The summed E-state index contributed by atoms with van der Waals surface area (Å²) < 4.78 is 11.4. The number of aromatic hydroxyl groups is 1. The van der Waals surface area contributed by atoms with Crippen molar-refractivity contribution in [3.8, 4) is 11.8 Å². The van der Waals surface area contributed by atoms with Crippen LogP contribution in [-0.2, 0) is 16.2 Å². The van der Waals surface area contributed by atoms with E-state index in [1.54, 1.807) is 11.0 Å². The highest BCUT2D eigenvalue weighted by Gasteiger charge is 2.53. The van der Waals surface area contributed by atoms with Gasteiger partial charge in [-0.1, -0.05) is 23.2 Å². The molecule has 0 aromatic heterocycles. The van der Waals surface area contributed by atoms with Crippen LogP contribution in [0.5, 0.6) is 5.75 Å². The van der Waals surface area contributed by atoms with Crippen molar-refractivity contribution in [3.63, 3.8) is 0 Å².